The van der Waals surface area contributed by atoms with Crippen LogP contribution in [-0.2, 0) is 0 Å². The van der Waals surface area contributed by atoms with Gasteiger partial charge in [-0.15, -0.1) is 0 Å². The molecule has 98 valence electrons. The van der Waals surface area contributed by atoms with Crippen molar-refractivity contribution in [3.63, 3.8) is 0 Å². The Morgan fingerprint density at radius 3 is 2.47 bits per heavy atom. The zero-order chi connectivity index (χ0) is 14.0. The SMILES string of the molecule is O=C(Nc1cccc(Br)c1)c1cc(Br)cc(Br)c1I. The number of benzene rings is 2. The van der Waals surface area contributed by atoms with Crippen LogP contribution >= 0.6 is 70.4 Å². The van der Waals surface area contributed by atoms with Gasteiger partial charge in [0.2, 0.25) is 0 Å². The maximum Gasteiger partial charge on any atom is 0.256 e. The quantitative estimate of drug-likeness (QED) is 0.364. The smallest absolute Gasteiger partial charge is 0.256 e. The lowest BCUT2D eigenvalue weighted by Crippen LogP contribution is -2.13. The van der Waals surface area contributed by atoms with Crippen molar-refractivity contribution in [3.05, 3.63) is 58.9 Å². The summed E-state index contributed by atoms with van der Waals surface area (Å²) < 4.78 is 3.56. The Bertz CT molecular complexity index is 646. The van der Waals surface area contributed by atoms with Gasteiger partial charge in [0.05, 0.1) is 5.56 Å². The second kappa shape index (κ2) is 6.69. The largest absolute Gasteiger partial charge is 0.322 e. The van der Waals surface area contributed by atoms with Gasteiger partial charge in [-0.1, -0.05) is 37.9 Å². The van der Waals surface area contributed by atoms with Gasteiger partial charge in [0.1, 0.15) is 0 Å². The van der Waals surface area contributed by atoms with E-state index in [4.69, 9.17) is 0 Å². The molecule has 0 aromatic heterocycles. The van der Waals surface area contributed by atoms with E-state index in [0.29, 0.717) is 5.56 Å². The molecule has 1 N–H and O–H groups in total. The van der Waals surface area contributed by atoms with Crippen molar-refractivity contribution in [1.29, 1.82) is 0 Å². The third kappa shape index (κ3) is 4.03. The molecular weight excluding hydrogens is 553 g/mol. The Labute approximate surface area is 149 Å². The number of carbonyl (C=O) groups excluding carboxylic acids is 1. The van der Waals surface area contributed by atoms with Gasteiger partial charge in [-0.3, -0.25) is 4.79 Å². The van der Waals surface area contributed by atoms with E-state index in [1.165, 1.54) is 0 Å². The fourth-order valence-corrected chi connectivity index (χ4v) is 3.67. The van der Waals surface area contributed by atoms with Crippen LogP contribution in [0.4, 0.5) is 5.69 Å². The minimum absolute atomic E-state index is 0.135. The van der Waals surface area contributed by atoms with Gasteiger partial charge in [0.25, 0.3) is 5.91 Å². The molecule has 0 spiro atoms. The van der Waals surface area contributed by atoms with E-state index in [0.717, 1.165) is 22.7 Å². The number of hydrogen-bond donors (Lipinski definition) is 1. The van der Waals surface area contributed by atoms with Crippen molar-refractivity contribution in [1.82, 2.24) is 0 Å². The summed E-state index contributed by atoms with van der Waals surface area (Å²) in [5.74, 6) is -0.135. The highest BCUT2D eigenvalue weighted by atomic mass is 127. The average molecular weight is 560 g/mol. The van der Waals surface area contributed by atoms with E-state index in [9.17, 15) is 4.79 Å². The Hall–Kier alpha value is 0.0800. The average Bonchev–Trinajstić information content (AvgIpc) is 2.33. The number of amides is 1. The van der Waals surface area contributed by atoms with E-state index >= 15 is 0 Å². The standard InChI is InChI=1S/C13H7Br3INO/c14-7-2-1-3-9(4-7)18-13(19)10-5-8(15)6-11(16)12(10)17/h1-6H,(H,18,19). The first-order chi connectivity index (χ1) is 8.97. The predicted molar refractivity (Wildman–Crippen MR) is 96.7 cm³/mol. The summed E-state index contributed by atoms with van der Waals surface area (Å²) in [4.78, 5) is 12.3. The van der Waals surface area contributed by atoms with E-state index in [1.807, 2.05) is 30.3 Å². The molecule has 6 heteroatoms. The number of halogens is 4. The van der Waals surface area contributed by atoms with Crippen LogP contribution in [0.2, 0.25) is 0 Å². The minimum atomic E-state index is -0.135. The summed E-state index contributed by atoms with van der Waals surface area (Å²) in [7, 11) is 0. The molecule has 0 radical (unpaired) electrons. The third-order valence-electron chi connectivity index (χ3n) is 2.32. The van der Waals surface area contributed by atoms with Crippen LogP contribution in [0.5, 0.6) is 0 Å². The van der Waals surface area contributed by atoms with E-state index in [2.05, 4.69) is 75.7 Å². The molecule has 0 fully saturated rings. The maximum absolute atomic E-state index is 12.3. The molecular formula is C13H7Br3INO. The number of carbonyl (C=O) groups is 1. The van der Waals surface area contributed by atoms with E-state index in [-0.39, 0.29) is 5.91 Å². The Kier molecular flexibility index (Phi) is 5.45. The van der Waals surface area contributed by atoms with Gasteiger partial charge in [-0.05, 0) is 68.9 Å². The van der Waals surface area contributed by atoms with Gasteiger partial charge in [0, 0.05) is 22.7 Å². The molecule has 19 heavy (non-hydrogen) atoms. The van der Waals surface area contributed by atoms with E-state index in [1.54, 1.807) is 6.07 Å². The summed E-state index contributed by atoms with van der Waals surface area (Å²) in [6.07, 6.45) is 0. The van der Waals surface area contributed by atoms with Crippen LogP contribution in [0.25, 0.3) is 0 Å². The first-order valence-electron chi connectivity index (χ1n) is 5.19. The van der Waals surface area contributed by atoms with Crippen LogP contribution in [0.1, 0.15) is 10.4 Å². The number of rotatable bonds is 2. The van der Waals surface area contributed by atoms with Gasteiger partial charge in [0.15, 0.2) is 0 Å². The molecule has 2 rings (SSSR count). The highest BCUT2D eigenvalue weighted by Gasteiger charge is 2.14. The molecule has 0 saturated carbocycles. The molecule has 0 atom stereocenters. The maximum atomic E-state index is 12.3. The van der Waals surface area contributed by atoms with Crippen molar-refractivity contribution in [2.45, 2.75) is 0 Å². The Morgan fingerprint density at radius 1 is 1.05 bits per heavy atom. The van der Waals surface area contributed by atoms with Crippen LogP contribution in [0, 0.1) is 3.57 Å². The lowest BCUT2D eigenvalue weighted by atomic mass is 10.2. The molecule has 0 unspecified atom stereocenters. The van der Waals surface area contributed by atoms with Gasteiger partial charge < -0.3 is 5.32 Å². The second-order valence-electron chi connectivity index (χ2n) is 3.71. The summed E-state index contributed by atoms with van der Waals surface area (Å²) in [5, 5.41) is 2.88. The van der Waals surface area contributed by atoms with Crippen molar-refractivity contribution >= 4 is 82.0 Å². The summed E-state index contributed by atoms with van der Waals surface area (Å²) in [6.45, 7) is 0. The zero-order valence-corrected chi connectivity index (χ0v) is 16.3. The van der Waals surface area contributed by atoms with Crippen molar-refractivity contribution in [2.24, 2.45) is 0 Å². The highest BCUT2D eigenvalue weighted by Crippen LogP contribution is 2.28. The molecule has 0 aliphatic carbocycles. The Balaban J connectivity index is 2.30. The minimum Gasteiger partial charge on any atom is -0.322 e. The zero-order valence-electron chi connectivity index (χ0n) is 9.38. The van der Waals surface area contributed by atoms with Crippen LogP contribution in [0.3, 0.4) is 0 Å². The number of hydrogen-bond acceptors (Lipinski definition) is 1. The van der Waals surface area contributed by atoms with Crippen LogP contribution < -0.4 is 5.32 Å². The highest BCUT2D eigenvalue weighted by molar-refractivity contribution is 14.1. The summed E-state index contributed by atoms with van der Waals surface area (Å²) >= 11 is 12.4. The molecule has 0 bridgehead atoms. The van der Waals surface area contributed by atoms with Crippen LogP contribution in [0.15, 0.2) is 49.8 Å². The topological polar surface area (TPSA) is 29.1 Å². The molecule has 0 aliphatic heterocycles. The number of nitrogens with one attached hydrogen (secondary N) is 1. The molecule has 2 aromatic carbocycles. The molecule has 1 amide bonds. The van der Waals surface area contributed by atoms with Crippen molar-refractivity contribution in [3.8, 4) is 0 Å². The molecule has 2 aromatic rings. The fraction of sp³-hybridized carbons (Fsp3) is 0. The molecule has 0 heterocycles. The van der Waals surface area contributed by atoms with Gasteiger partial charge in [-0.25, -0.2) is 0 Å². The predicted octanol–water partition coefficient (Wildman–Crippen LogP) is 5.83. The van der Waals surface area contributed by atoms with E-state index < -0.39 is 0 Å². The van der Waals surface area contributed by atoms with Gasteiger partial charge >= 0.3 is 0 Å². The van der Waals surface area contributed by atoms with Crippen molar-refractivity contribution < 1.29 is 4.79 Å². The monoisotopic (exact) mass is 557 g/mol. The van der Waals surface area contributed by atoms with Crippen LogP contribution in [-0.4, -0.2) is 5.91 Å². The molecule has 2 nitrogen and oxygen atoms in total. The first kappa shape index (κ1) is 15.5. The summed E-state index contributed by atoms with van der Waals surface area (Å²) in [6, 6.07) is 11.2. The summed E-state index contributed by atoms with van der Waals surface area (Å²) in [5.41, 5.74) is 1.38. The lowest BCUT2D eigenvalue weighted by molar-refractivity contribution is 0.102. The molecule has 0 saturated heterocycles. The number of anilines is 1. The first-order valence-corrected chi connectivity index (χ1v) is 8.64. The molecule has 0 aliphatic rings. The Morgan fingerprint density at radius 2 is 1.79 bits per heavy atom. The normalized spacial score (nSPS) is 10.3. The van der Waals surface area contributed by atoms with Crippen molar-refractivity contribution in [2.75, 3.05) is 5.32 Å². The third-order valence-corrected chi connectivity index (χ3v) is 5.80. The second-order valence-corrected chi connectivity index (χ2v) is 7.48. The van der Waals surface area contributed by atoms with Gasteiger partial charge in [-0.2, -0.15) is 0 Å². The lowest BCUT2D eigenvalue weighted by Gasteiger charge is -2.09. The fourth-order valence-electron chi connectivity index (χ4n) is 1.49.